The molecule has 0 atom stereocenters. The Hall–Kier alpha value is -1.23. The Bertz CT molecular complexity index is 455. The SMILES string of the molecule is COc1cc(OC)c(CC(C)(C)C(=O)O)cc1Br. The summed E-state index contributed by atoms with van der Waals surface area (Å²) in [6, 6.07) is 3.58. The Morgan fingerprint density at radius 2 is 1.83 bits per heavy atom. The van der Waals surface area contributed by atoms with Gasteiger partial charge in [0, 0.05) is 6.07 Å². The molecule has 0 heterocycles. The van der Waals surface area contributed by atoms with Gasteiger partial charge in [0.2, 0.25) is 0 Å². The molecule has 0 spiro atoms. The van der Waals surface area contributed by atoms with Crippen LogP contribution in [-0.2, 0) is 11.2 Å². The first-order valence-electron chi connectivity index (χ1n) is 5.45. The highest BCUT2D eigenvalue weighted by atomic mass is 79.9. The lowest BCUT2D eigenvalue weighted by molar-refractivity contribution is -0.146. The fourth-order valence-corrected chi connectivity index (χ4v) is 2.16. The molecule has 0 saturated heterocycles. The molecule has 0 aromatic heterocycles. The molecule has 1 N–H and O–H groups in total. The lowest BCUT2D eigenvalue weighted by atomic mass is 9.85. The van der Waals surface area contributed by atoms with E-state index in [2.05, 4.69) is 15.9 Å². The van der Waals surface area contributed by atoms with Gasteiger partial charge in [-0.15, -0.1) is 0 Å². The van der Waals surface area contributed by atoms with Gasteiger partial charge < -0.3 is 14.6 Å². The van der Waals surface area contributed by atoms with Gasteiger partial charge in [0.1, 0.15) is 11.5 Å². The molecule has 100 valence electrons. The van der Waals surface area contributed by atoms with Crippen LogP contribution in [0.4, 0.5) is 0 Å². The first-order chi connectivity index (χ1) is 8.31. The molecule has 0 aliphatic heterocycles. The van der Waals surface area contributed by atoms with Crippen molar-refractivity contribution in [3.05, 3.63) is 22.2 Å². The molecule has 1 aromatic carbocycles. The van der Waals surface area contributed by atoms with E-state index in [-0.39, 0.29) is 0 Å². The fraction of sp³-hybridized carbons (Fsp3) is 0.462. The van der Waals surface area contributed by atoms with Crippen molar-refractivity contribution in [2.45, 2.75) is 20.3 Å². The molecule has 0 bridgehead atoms. The van der Waals surface area contributed by atoms with Crippen LogP contribution in [0, 0.1) is 5.41 Å². The van der Waals surface area contributed by atoms with Crippen LogP contribution in [0.5, 0.6) is 11.5 Å². The molecule has 0 amide bonds. The first-order valence-corrected chi connectivity index (χ1v) is 6.25. The van der Waals surface area contributed by atoms with Gasteiger partial charge in [0.15, 0.2) is 0 Å². The topological polar surface area (TPSA) is 55.8 Å². The number of methoxy groups -OCH3 is 2. The number of ether oxygens (including phenoxy) is 2. The summed E-state index contributed by atoms with van der Waals surface area (Å²) in [6.07, 6.45) is 0.383. The van der Waals surface area contributed by atoms with Crippen molar-refractivity contribution >= 4 is 21.9 Å². The van der Waals surface area contributed by atoms with Crippen LogP contribution in [-0.4, -0.2) is 25.3 Å². The Labute approximate surface area is 115 Å². The van der Waals surface area contributed by atoms with Gasteiger partial charge in [-0.1, -0.05) is 0 Å². The van der Waals surface area contributed by atoms with E-state index in [9.17, 15) is 4.79 Å². The lowest BCUT2D eigenvalue weighted by Crippen LogP contribution is -2.26. The van der Waals surface area contributed by atoms with Crippen LogP contribution in [0.15, 0.2) is 16.6 Å². The minimum atomic E-state index is -0.846. The molecule has 0 radical (unpaired) electrons. The smallest absolute Gasteiger partial charge is 0.309 e. The molecule has 1 aromatic rings. The van der Waals surface area contributed by atoms with E-state index in [1.807, 2.05) is 6.07 Å². The Kier molecular flexibility index (Phi) is 4.62. The lowest BCUT2D eigenvalue weighted by Gasteiger charge is -2.21. The zero-order chi connectivity index (χ0) is 13.9. The molecular weight excluding hydrogens is 300 g/mol. The van der Waals surface area contributed by atoms with Crippen LogP contribution in [0.2, 0.25) is 0 Å². The summed E-state index contributed by atoms with van der Waals surface area (Å²) in [5.41, 5.74) is -0.0148. The van der Waals surface area contributed by atoms with Crippen molar-refractivity contribution < 1.29 is 19.4 Å². The number of rotatable bonds is 5. The summed E-state index contributed by atoms with van der Waals surface area (Å²) in [5.74, 6) is 0.449. The number of benzene rings is 1. The number of hydrogen-bond acceptors (Lipinski definition) is 3. The van der Waals surface area contributed by atoms with Crippen LogP contribution >= 0.6 is 15.9 Å². The molecule has 0 saturated carbocycles. The number of hydrogen-bond donors (Lipinski definition) is 1. The van der Waals surface area contributed by atoms with Gasteiger partial charge >= 0.3 is 5.97 Å². The average Bonchev–Trinajstić information content (AvgIpc) is 2.28. The van der Waals surface area contributed by atoms with Crippen molar-refractivity contribution in [1.29, 1.82) is 0 Å². The van der Waals surface area contributed by atoms with E-state index in [0.717, 1.165) is 10.0 Å². The molecule has 5 heteroatoms. The zero-order valence-electron chi connectivity index (χ0n) is 10.9. The van der Waals surface area contributed by atoms with E-state index in [4.69, 9.17) is 14.6 Å². The average molecular weight is 317 g/mol. The van der Waals surface area contributed by atoms with Crippen molar-refractivity contribution in [3.63, 3.8) is 0 Å². The summed E-state index contributed by atoms with van der Waals surface area (Å²) < 4.78 is 11.2. The molecule has 0 fully saturated rings. The molecule has 0 unspecified atom stereocenters. The van der Waals surface area contributed by atoms with Gasteiger partial charge in [-0.2, -0.15) is 0 Å². The van der Waals surface area contributed by atoms with E-state index in [1.165, 1.54) is 0 Å². The minimum absolute atomic E-state index is 0.383. The quantitative estimate of drug-likeness (QED) is 0.906. The molecule has 0 aliphatic carbocycles. The van der Waals surface area contributed by atoms with E-state index >= 15 is 0 Å². The van der Waals surface area contributed by atoms with Crippen molar-refractivity contribution in [3.8, 4) is 11.5 Å². The predicted molar refractivity (Wildman–Crippen MR) is 72.4 cm³/mol. The Morgan fingerprint density at radius 1 is 1.28 bits per heavy atom. The van der Waals surface area contributed by atoms with Crippen molar-refractivity contribution in [2.75, 3.05) is 14.2 Å². The normalized spacial score (nSPS) is 11.2. The van der Waals surface area contributed by atoms with Gasteiger partial charge in [-0.05, 0) is 47.8 Å². The second-order valence-corrected chi connectivity index (χ2v) is 5.52. The summed E-state index contributed by atoms with van der Waals surface area (Å²) in [6.45, 7) is 3.37. The van der Waals surface area contributed by atoms with Gasteiger partial charge in [-0.3, -0.25) is 4.79 Å². The number of carboxylic acids is 1. The minimum Gasteiger partial charge on any atom is -0.496 e. The number of aliphatic carboxylic acids is 1. The second-order valence-electron chi connectivity index (χ2n) is 4.66. The Balaban J connectivity index is 3.16. The second kappa shape index (κ2) is 5.61. The van der Waals surface area contributed by atoms with Gasteiger partial charge in [0.25, 0.3) is 0 Å². The molecule has 18 heavy (non-hydrogen) atoms. The number of carbonyl (C=O) groups is 1. The first kappa shape index (κ1) is 14.8. The standard InChI is InChI=1S/C13H17BrO4/c1-13(2,12(15)16)7-8-5-9(14)11(18-4)6-10(8)17-3/h5-6H,7H2,1-4H3,(H,15,16). The summed E-state index contributed by atoms with van der Waals surface area (Å²) in [7, 11) is 3.13. The largest absolute Gasteiger partial charge is 0.496 e. The molecular formula is C13H17BrO4. The van der Waals surface area contributed by atoms with Crippen LogP contribution < -0.4 is 9.47 Å². The van der Waals surface area contributed by atoms with Crippen molar-refractivity contribution in [1.82, 2.24) is 0 Å². The molecule has 1 rings (SSSR count). The maximum Gasteiger partial charge on any atom is 0.309 e. The van der Waals surface area contributed by atoms with Crippen molar-refractivity contribution in [2.24, 2.45) is 5.41 Å². The number of halogens is 1. The van der Waals surface area contributed by atoms with E-state index in [0.29, 0.717) is 17.9 Å². The monoisotopic (exact) mass is 316 g/mol. The van der Waals surface area contributed by atoms with Crippen LogP contribution in [0.1, 0.15) is 19.4 Å². The van der Waals surface area contributed by atoms with E-state index < -0.39 is 11.4 Å². The predicted octanol–water partition coefficient (Wildman–Crippen LogP) is 3.12. The fourth-order valence-electron chi connectivity index (χ4n) is 1.61. The summed E-state index contributed by atoms with van der Waals surface area (Å²) in [5, 5.41) is 9.16. The summed E-state index contributed by atoms with van der Waals surface area (Å²) in [4.78, 5) is 11.2. The van der Waals surface area contributed by atoms with Gasteiger partial charge in [-0.25, -0.2) is 0 Å². The highest BCUT2D eigenvalue weighted by Crippen LogP contribution is 2.36. The third-order valence-corrected chi connectivity index (χ3v) is 3.39. The Morgan fingerprint density at radius 3 is 2.28 bits per heavy atom. The molecule has 4 nitrogen and oxygen atoms in total. The van der Waals surface area contributed by atoms with Gasteiger partial charge in [0.05, 0.1) is 24.1 Å². The van der Waals surface area contributed by atoms with Crippen LogP contribution in [0.3, 0.4) is 0 Å². The summed E-state index contributed by atoms with van der Waals surface area (Å²) >= 11 is 3.39. The highest BCUT2D eigenvalue weighted by molar-refractivity contribution is 9.10. The van der Waals surface area contributed by atoms with E-state index in [1.54, 1.807) is 34.1 Å². The maximum absolute atomic E-state index is 11.2. The number of carboxylic acid groups (broad SMARTS) is 1. The maximum atomic E-state index is 11.2. The highest BCUT2D eigenvalue weighted by Gasteiger charge is 2.29. The third-order valence-electron chi connectivity index (χ3n) is 2.77. The third kappa shape index (κ3) is 3.16. The molecule has 0 aliphatic rings. The van der Waals surface area contributed by atoms with Crippen LogP contribution in [0.25, 0.3) is 0 Å². The zero-order valence-corrected chi connectivity index (χ0v) is 12.5.